The summed E-state index contributed by atoms with van der Waals surface area (Å²) in [6, 6.07) is 5.82. The van der Waals surface area contributed by atoms with Crippen molar-refractivity contribution < 1.29 is 9.53 Å². The number of aryl methyl sites for hydroxylation is 1. The number of ether oxygens (including phenoxy) is 1. The highest BCUT2D eigenvalue weighted by Gasteiger charge is 2.34. The van der Waals surface area contributed by atoms with Crippen molar-refractivity contribution in [3.8, 4) is 11.4 Å². The fourth-order valence-electron chi connectivity index (χ4n) is 4.48. The summed E-state index contributed by atoms with van der Waals surface area (Å²) in [5.74, 6) is 2.41. The lowest BCUT2D eigenvalue weighted by molar-refractivity contribution is -0.120. The molecular formula is C23H26N6O2. The van der Waals surface area contributed by atoms with Gasteiger partial charge in [-0.1, -0.05) is 12.8 Å². The summed E-state index contributed by atoms with van der Waals surface area (Å²) >= 11 is 0. The van der Waals surface area contributed by atoms with E-state index in [-0.39, 0.29) is 11.8 Å². The van der Waals surface area contributed by atoms with Gasteiger partial charge in [0.1, 0.15) is 11.6 Å². The molecule has 2 aromatic heterocycles. The Labute approximate surface area is 181 Å². The summed E-state index contributed by atoms with van der Waals surface area (Å²) < 4.78 is 7.53. The number of hydrogen-bond acceptors (Lipinski definition) is 7. The van der Waals surface area contributed by atoms with Crippen LogP contribution in [0.4, 0.5) is 17.5 Å². The van der Waals surface area contributed by atoms with E-state index in [0.29, 0.717) is 12.4 Å². The smallest absolute Gasteiger partial charge is 0.229 e. The maximum atomic E-state index is 12.6. The zero-order chi connectivity index (χ0) is 21.4. The number of nitrogens with one attached hydrogen (secondary N) is 1. The number of nitrogens with zero attached hydrogens (tertiary/aromatic N) is 5. The molecule has 2 aliphatic heterocycles. The topological polar surface area (TPSA) is 85.2 Å². The van der Waals surface area contributed by atoms with E-state index < -0.39 is 0 Å². The van der Waals surface area contributed by atoms with E-state index in [4.69, 9.17) is 9.72 Å². The molecule has 4 heterocycles. The number of rotatable bonds is 4. The van der Waals surface area contributed by atoms with Crippen molar-refractivity contribution in [2.75, 3.05) is 23.9 Å². The van der Waals surface area contributed by atoms with Gasteiger partial charge in [0.25, 0.3) is 0 Å². The number of ketones is 1. The second kappa shape index (κ2) is 8.02. The molecule has 1 saturated heterocycles. The Bertz CT molecular complexity index is 1130. The first kappa shape index (κ1) is 19.5. The number of methoxy groups -OCH3 is 1. The van der Waals surface area contributed by atoms with Gasteiger partial charge in [-0.25, -0.2) is 9.97 Å². The zero-order valence-electron chi connectivity index (χ0n) is 17.8. The summed E-state index contributed by atoms with van der Waals surface area (Å²) in [4.78, 5) is 28.4. The normalized spacial score (nSPS) is 18.2. The number of carbonyl (C=O) groups is 1. The number of Topliss-reactive ketones (excluding diaryl/α,β-unsaturated/α-hetero) is 1. The molecule has 0 spiro atoms. The van der Waals surface area contributed by atoms with Crippen LogP contribution in [0.5, 0.6) is 5.75 Å². The van der Waals surface area contributed by atoms with E-state index in [1.54, 1.807) is 19.6 Å². The lowest BCUT2D eigenvalue weighted by atomic mass is 9.95. The van der Waals surface area contributed by atoms with E-state index in [0.717, 1.165) is 66.4 Å². The third kappa shape index (κ3) is 3.73. The lowest BCUT2D eigenvalue weighted by Crippen LogP contribution is -2.46. The summed E-state index contributed by atoms with van der Waals surface area (Å²) in [5, 5.41) is 3.30. The molecule has 8 heteroatoms. The Hall–Kier alpha value is -3.42. The van der Waals surface area contributed by atoms with E-state index >= 15 is 0 Å². The number of hydrogen-bond donors (Lipinski definition) is 1. The molecule has 5 rings (SSSR count). The van der Waals surface area contributed by atoms with Gasteiger partial charge in [-0.15, -0.1) is 0 Å². The average molecular weight is 419 g/mol. The number of anilines is 3. The van der Waals surface area contributed by atoms with E-state index in [1.807, 2.05) is 35.9 Å². The second-order valence-corrected chi connectivity index (χ2v) is 8.18. The van der Waals surface area contributed by atoms with Crippen LogP contribution in [0.25, 0.3) is 5.69 Å². The van der Waals surface area contributed by atoms with Crippen molar-refractivity contribution in [2.45, 2.75) is 45.1 Å². The van der Waals surface area contributed by atoms with Crippen molar-refractivity contribution in [3.05, 3.63) is 48.2 Å². The molecule has 1 atom stereocenters. The summed E-state index contributed by atoms with van der Waals surface area (Å²) in [6.45, 7) is 2.82. The van der Waals surface area contributed by atoms with Gasteiger partial charge in [-0.3, -0.25) is 4.79 Å². The van der Waals surface area contributed by atoms with Gasteiger partial charge in [0.2, 0.25) is 5.95 Å². The number of carbonyl (C=O) groups excluding carboxylic acids is 1. The van der Waals surface area contributed by atoms with E-state index in [2.05, 4.69) is 20.2 Å². The highest BCUT2D eigenvalue weighted by molar-refractivity contribution is 5.92. The van der Waals surface area contributed by atoms with Gasteiger partial charge in [0.15, 0.2) is 5.78 Å². The monoisotopic (exact) mass is 418 g/mol. The lowest BCUT2D eigenvalue weighted by Gasteiger charge is -2.35. The van der Waals surface area contributed by atoms with Gasteiger partial charge in [0.05, 0.1) is 30.9 Å². The molecule has 160 valence electrons. The number of aromatic nitrogens is 4. The molecule has 1 aromatic carbocycles. The minimum Gasteiger partial charge on any atom is -0.494 e. The number of benzene rings is 1. The molecule has 0 saturated carbocycles. The third-order valence-corrected chi connectivity index (χ3v) is 6.03. The summed E-state index contributed by atoms with van der Waals surface area (Å²) in [7, 11) is 1.65. The van der Waals surface area contributed by atoms with Crippen molar-refractivity contribution >= 4 is 23.2 Å². The van der Waals surface area contributed by atoms with Crippen LogP contribution in [0.2, 0.25) is 0 Å². The average Bonchev–Trinajstić information content (AvgIpc) is 3.05. The Morgan fingerprint density at radius 2 is 2.10 bits per heavy atom. The Balaban J connectivity index is 1.43. The highest BCUT2D eigenvalue weighted by Crippen LogP contribution is 2.33. The Kier molecular flexibility index (Phi) is 5.05. The maximum absolute atomic E-state index is 12.6. The van der Waals surface area contributed by atoms with Crippen LogP contribution in [-0.2, 0) is 11.2 Å². The minimum atomic E-state index is -0.0456. The molecule has 0 radical (unpaired) electrons. The first-order valence-corrected chi connectivity index (χ1v) is 10.7. The van der Waals surface area contributed by atoms with Crippen molar-refractivity contribution in [2.24, 2.45) is 0 Å². The van der Waals surface area contributed by atoms with Gasteiger partial charge in [-0.05, 0) is 31.9 Å². The molecule has 2 aliphatic rings. The van der Waals surface area contributed by atoms with Crippen molar-refractivity contribution in [1.82, 2.24) is 19.5 Å². The van der Waals surface area contributed by atoms with Crippen LogP contribution >= 0.6 is 0 Å². The number of imidazole rings is 1. The maximum Gasteiger partial charge on any atom is 0.229 e. The Morgan fingerprint density at radius 1 is 1.19 bits per heavy atom. The van der Waals surface area contributed by atoms with E-state index in [9.17, 15) is 4.79 Å². The fourth-order valence-corrected chi connectivity index (χ4v) is 4.48. The predicted molar refractivity (Wildman–Crippen MR) is 118 cm³/mol. The first-order chi connectivity index (χ1) is 15.1. The molecule has 0 aliphatic carbocycles. The molecule has 31 heavy (non-hydrogen) atoms. The number of fused-ring (bicyclic) bond motifs is 3. The summed E-state index contributed by atoms with van der Waals surface area (Å²) in [5.41, 5.74) is 3.59. The van der Waals surface area contributed by atoms with Gasteiger partial charge < -0.3 is 19.5 Å². The Morgan fingerprint density at radius 3 is 2.90 bits per heavy atom. The molecule has 1 unspecified atom stereocenters. The third-order valence-electron chi connectivity index (χ3n) is 6.03. The SMILES string of the molecule is COc1cc(Nc2ncc3c(n2)N2CCCCCC2C(=O)C3)ccc1-n1cnc(C)c1. The van der Waals surface area contributed by atoms with Crippen LogP contribution in [0.15, 0.2) is 36.9 Å². The van der Waals surface area contributed by atoms with Crippen LogP contribution in [0.1, 0.15) is 36.9 Å². The predicted octanol–water partition coefficient (Wildman–Crippen LogP) is 3.60. The van der Waals surface area contributed by atoms with Crippen LogP contribution in [0, 0.1) is 6.92 Å². The molecular weight excluding hydrogens is 392 g/mol. The van der Waals surface area contributed by atoms with Gasteiger partial charge in [-0.2, -0.15) is 4.98 Å². The van der Waals surface area contributed by atoms with Crippen LogP contribution in [0.3, 0.4) is 0 Å². The quantitative estimate of drug-likeness (QED) is 0.693. The standard InChI is InChI=1S/C23H26N6O2/c1-15-13-28(14-25-15)19-8-7-17(11-21(19)31-2)26-23-24-12-16-10-20(30)18-6-4-3-5-9-29(18)22(16)27-23/h7-8,11-14,18H,3-6,9-10H2,1-2H3,(H,24,26,27). The molecule has 0 amide bonds. The molecule has 1 fully saturated rings. The first-order valence-electron chi connectivity index (χ1n) is 10.7. The molecule has 3 aromatic rings. The minimum absolute atomic E-state index is 0.0456. The van der Waals surface area contributed by atoms with Crippen molar-refractivity contribution in [3.63, 3.8) is 0 Å². The zero-order valence-corrected chi connectivity index (χ0v) is 17.8. The van der Waals surface area contributed by atoms with Crippen LogP contribution < -0.4 is 15.0 Å². The molecule has 1 N–H and O–H groups in total. The summed E-state index contributed by atoms with van der Waals surface area (Å²) in [6.07, 6.45) is 10.2. The van der Waals surface area contributed by atoms with Crippen LogP contribution in [-0.4, -0.2) is 45.0 Å². The van der Waals surface area contributed by atoms with Crippen molar-refractivity contribution in [1.29, 1.82) is 0 Å². The van der Waals surface area contributed by atoms with Gasteiger partial charge in [0, 0.05) is 42.7 Å². The largest absolute Gasteiger partial charge is 0.494 e. The molecule has 8 nitrogen and oxygen atoms in total. The fraction of sp³-hybridized carbons (Fsp3) is 0.391. The van der Waals surface area contributed by atoms with E-state index in [1.165, 1.54) is 0 Å². The van der Waals surface area contributed by atoms with Gasteiger partial charge >= 0.3 is 0 Å². The highest BCUT2D eigenvalue weighted by atomic mass is 16.5. The second-order valence-electron chi connectivity index (χ2n) is 8.18. The molecule has 0 bridgehead atoms.